The van der Waals surface area contributed by atoms with E-state index in [2.05, 4.69) is 5.32 Å². The summed E-state index contributed by atoms with van der Waals surface area (Å²) in [7, 11) is 0.701. The predicted molar refractivity (Wildman–Crippen MR) is 74.3 cm³/mol. The van der Waals surface area contributed by atoms with Crippen molar-refractivity contribution in [2.75, 3.05) is 39.7 Å². The van der Waals surface area contributed by atoms with Gasteiger partial charge in [-0.15, -0.1) is 0 Å². The molecule has 0 fully saturated rings. The van der Waals surface area contributed by atoms with Crippen molar-refractivity contribution in [2.45, 2.75) is 4.90 Å². The molecular weight excluding hydrogens is 286 g/mol. The summed E-state index contributed by atoms with van der Waals surface area (Å²) in [6.07, 6.45) is 0. The first kappa shape index (κ1) is 16.3. The highest BCUT2D eigenvalue weighted by Crippen LogP contribution is 2.28. The molecule has 1 rings (SSSR count). The maximum atomic E-state index is 12.3. The van der Waals surface area contributed by atoms with Gasteiger partial charge in [0.25, 0.3) is 5.69 Å². The smallest absolute Gasteiger partial charge is 0.292 e. The fourth-order valence-electron chi connectivity index (χ4n) is 1.56. The van der Waals surface area contributed by atoms with Crippen LogP contribution in [-0.4, -0.2) is 52.0 Å². The molecule has 8 nitrogen and oxygen atoms in total. The molecule has 0 radical (unpaired) electrons. The fraction of sp³-hybridized carbons (Fsp3) is 0.455. The Morgan fingerprint density at radius 2 is 2.10 bits per heavy atom. The van der Waals surface area contributed by atoms with Gasteiger partial charge in [-0.2, -0.15) is 4.31 Å². The maximum absolute atomic E-state index is 12.3. The first-order valence-corrected chi connectivity index (χ1v) is 7.20. The van der Waals surface area contributed by atoms with E-state index in [-0.39, 0.29) is 29.4 Å². The average molecular weight is 303 g/mol. The lowest BCUT2D eigenvalue weighted by atomic mass is 10.3. The Kier molecular flexibility index (Phi) is 5.43. The molecule has 20 heavy (non-hydrogen) atoms. The number of sulfonamides is 1. The van der Waals surface area contributed by atoms with Crippen molar-refractivity contribution >= 4 is 21.4 Å². The normalized spacial score (nSPS) is 11.6. The second-order valence-corrected chi connectivity index (χ2v) is 6.05. The number of anilines is 1. The van der Waals surface area contributed by atoms with Crippen molar-refractivity contribution in [1.29, 1.82) is 0 Å². The van der Waals surface area contributed by atoms with Gasteiger partial charge in [-0.05, 0) is 12.1 Å². The molecule has 0 atom stereocenters. The van der Waals surface area contributed by atoms with Crippen molar-refractivity contribution in [3.8, 4) is 0 Å². The van der Waals surface area contributed by atoms with Gasteiger partial charge in [0.1, 0.15) is 5.69 Å². The summed E-state index contributed by atoms with van der Waals surface area (Å²) in [5, 5.41) is 13.4. The molecule has 0 amide bonds. The molecule has 0 aliphatic heterocycles. The van der Waals surface area contributed by atoms with Crippen LogP contribution in [0.1, 0.15) is 0 Å². The molecule has 1 aromatic rings. The molecule has 0 spiro atoms. The Bertz CT molecular complexity index is 588. The van der Waals surface area contributed by atoms with Crippen LogP contribution >= 0.6 is 0 Å². The second-order valence-electron chi connectivity index (χ2n) is 4.01. The minimum Gasteiger partial charge on any atom is -0.383 e. The van der Waals surface area contributed by atoms with E-state index in [9.17, 15) is 18.5 Å². The van der Waals surface area contributed by atoms with Crippen molar-refractivity contribution in [3.05, 3.63) is 28.3 Å². The van der Waals surface area contributed by atoms with E-state index in [1.807, 2.05) is 0 Å². The summed E-state index contributed by atoms with van der Waals surface area (Å²) < 4.78 is 30.5. The molecule has 112 valence electrons. The standard InChI is InChI=1S/C11H17N3O5S/c1-12-10-8-9(4-5-11(10)14(15)16)20(17,18)13(2)6-7-19-3/h4-5,8,12H,6-7H2,1-3H3. The van der Waals surface area contributed by atoms with Gasteiger partial charge in [0, 0.05) is 33.8 Å². The summed E-state index contributed by atoms with van der Waals surface area (Å²) in [6.45, 7) is 0.465. The molecule has 1 N–H and O–H groups in total. The van der Waals surface area contributed by atoms with Crippen LogP contribution in [0.4, 0.5) is 11.4 Å². The molecule has 1 aromatic carbocycles. The molecule has 0 saturated carbocycles. The number of hydrogen-bond acceptors (Lipinski definition) is 6. The van der Waals surface area contributed by atoms with E-state index in [1.165, 1.54) is 39.4 Å². The van der Waals surface area contributed by atoms with E-state index in [1.54, 1.807) is 0 Å². The topological polar surface area (TPSA) is 102 Å². The third-order valence-electron chi connectivity index (χ3n) is 2.75. The number of nitro groups is 1. The van der Waals surface area contributed by atoms with Crippen LogP contribution in [0.3, 0.4) is 0 Å². The van der Waals surface area contributed by atoms with Crippen molar-refractivity contribution in [2.24, 2.45) is 0 Å². The number of methoxy groups -OCH3 is 1. The van der Waals surface area contributed by atoms with Gasteiger partial charge in [-0.1, -0.05) is 0 Å². The highest BCUT2D eigenvalue weighted by Gasteiger charge is 2.23. The lowest BCUT2D eigenvalue weighted by molar-refractivity contribution is -0.384. The van der Waals surface area contributed by atoms with E-state index < -0.39 is 14.9 Å². The van der Waals surface area contributed by atoms with E-state index >= 15 is 0 Å². The zero-order valence-electron chi connectivity index (χ0n) is 11.5. The summed E-state index contributed by atoms with van der Waals surface area (Å²) in [5.74, 6) is 0. The lowest BCUT2D eigenvalue weighted by Gasteiger charge is -2.17. The third kappa shape index (κ3) is 3.44. The molecule has 0 saturated heterocycles. The van der Waals surface area contributed by atoms with Crippen molar-refractivity contribution < 1.29 is 18.1 Å². The van der Waals surface area contributed by atoms with Gasteiger partial charge < -0.3 is 10.1 Å². The average Bonchev–Trinajstić information content (AvgIpc) is 2.43. The van der Waals surface area contributed by atoms with Crippen LogP contribution in [0.5, 0.6) is 0 Å². The lowest BCUT2D eigenvalue weighted by Crippen LogP contribution is -2.30. The number of likely N-dealkylation sites (N-methyl/N-ethyl adjacent to an activating group) is 1. The minimum atomic E-state index is -3.70. The quantitative estimate of drug-likeness (QED) is 0.593. The van der Waals surface area contributed by atoms with Crippen molar-refractivity contribution in [1.82, 2.24) is 4.31 Å². The van der Waals surface area contributed by atoms with Crippen LogP contribution in [0, 0.1) is 10.1 Å². The number of hydrogen-bond donors (Lipinski definition) is 1. The number of benzene rings is 1. The molecule has 0 unspecified atom stereocenters. The minimum absolute atomic E-state index is 0.00828. The predicted octanol–water partition coefficient (Wildman–Crippen LogP) is 0.903. The van der Waals surface area contributed by atoms with Crippen LogP contribution in [0.2, 0.25) is 0 Å². The highest BCUT2D eigenvalue weighted by molar-refractivity contribution is 7.89. The number of nitrogens with one attached hydrogen (secondary N) is 1. The summed E-state index contributed by atoms with van der Waals surface area (Å²) >= 11 is 0. The molecule has 0 heterocycles. The number of ether oxygens (including phenoxy) is 1. The summed E-state index contributed by atoms with van der Waals surface area (Å²) in [4.78, 5) is 10.2. The van der Waals surface area contributed by atoms with Gasteiger partial charge in [0.15, 0.2) is 0 Å². The first-order valence-electron chi connectivity index (χ1n) is 5.76. The van der Waals surface area contributed by atoms with Gasteiger partial charge in [0.05, 0.1) is 16.4 Å². The Labute approximate surface area is 117 Å². The monoisotopic (exact) mass is 303 g/mol. The fourth-order valence-corrected chi connectivity index (χ4v) is 2.74. The number of nitro benzene ring substituents is 1. The van der Waals surface area contributed by atoms with Gasteiger partial charge >= 0.3 is 0 Å². The van der Waals surface area contributed by atoms with Crippen LogP contribution < -0.4 is 5.32 Å². The van der Waals surface area contributed by atoms with Gasteiger partial charge in [-0.25, -0.2) is 8.42 Å². The third-order valence-corrected chi connectivity index (χ3v) is 4.61. The first-order chi connectivity index (χ1) is 9.34. The Hall–Kier alpha value is -1.71. The molecule has 0 aliphatic rings. The SMILES string of the molecule is CNc1cc(S(=O)(=O)N(C)CCOC)ccc1[N+](=O)[O-]. The Morgan fingerprint density at radius 1 is 1.45 bits per heavy atom. The van der Waals surface area contributed by atoms with Crippen LogP contribution in [-0.2, 0) is 14.8 Å². The Morgan fingerprint density at radius 3 is 2.60 bits per heavy atom. The maximum Gasteiger partial charge on any atom is 0.292 e. The Balaban J connectivity index is 3.16. The molecule has 9 heteroatoms. The van der Waals surface area contributed by atoms with Crippen LogP contribution in [0.15, 0.2) is 23.1 Å². The second kappa shape index (κ2) is 6.64. The van der Waals surface area contributed by atoms with Crippen LogP contribution in [0.25, 0.3) is 0 Å². The van der Waals surface area contributed by atoms with Gasteiger partial charge in [-0.3, -0.25) is 10.1 Å². The highest BCUT2D eigenvalue weighted by atomic mass is 32.2. The van der Waals surface area contributed by atoms with Crippen molar-refractivity contribution in [3.63, 3.8) is 0 Å². The molecule has 0 bridgehead atoms. The zero-order valence-corrected chi connectivity index (χ0v) is 12.3. The largest absolute Gasteiger partial charge is 0.383 e. The number of rotatable bonds is 7. The van der Waals surface area contributed by atoms with E-state index in [0.717, 1.165) is 4.31 Å². The summed E-state index contributed by atoms with van der Waals surface area (Å²) in [6, 6.07) is 3.64. The van der Waals surface area contributed by atoms with E-state index in [0.29, 0.717) is 0 Å². The number of nitrogens with zero attached hydrogens (tertiary/aromatic N) is 2. The zero-order chi connectivity index (χ0) is 15.3. The molecule has 0 aromatic heterocycles. The summed E-state index contributed by atoms with van der Waals surface area (Å²) in [5.41, 5.74) is -0.0257. The molecular formula is C11H17N3O5S. The molecule has 0 aliphatic carbocycles. The van der Waals surface area contributed by atoms with Gasteiger partial charge in [0.2, 0.25) is 10.0 Å². The van der Waals surface area contributed by atoms with E-state index in [4.69, 9.17) is 4.74 Å².